The van der Waals surface area contributed by atoms with E-state index in [1.165, 1.54) is 18.2 Å². The minimum atomic E-state index is -3.84. The van der Waals surface area contributed by atoms with E-state index in [9.17, 15) is 22.8 Å². The average molecular weight is 406 g/mol. The highest BCUT2D eigenvalue weighted by Crippen LogP contribution is 2.30. The zero-order valence-electron chi connectivity index (χ0n) is 13.9. The topological polar surface area (TPSA) is 101 Å². The van der Waals surface area contributed by atoms with Crippen molar-refractivity contribution in [3.8, 4) is 0 Å². The summed E-state index contributed by atoms with van der Waals surface area (Å²) in [6.45, 7) is 0.169. The van der Waals surface area contributed by atoms with E-state index < -0.39 is 33.8 Å². The lowest BCUT2D eigenvalue weighted by atomic mass is 10.1. The molecule has 1 atom stereocenters. The number of hydrogen-bond donors (Lipinski definition) is 0. The highest BCUT2D eigenvalue weighted by molar-refractivity contribution is 7.91. The number of carbonyl (C=O) groups is 3. The fourth-order valence-corrected chi connectivity index (χ4v) is 5.96. The second-order valence-corrected chi connectivity index (χ2v) is 9.13. The summed E-state index contributed by atoms with van der Waals surface area (Å²) in [4.78, 5) is 42.3. The van der Waals surface area contributed by atoms with E-state index in [0.29, 0.717) is 11.5 Å². The van der Waals surface area contributed by atoms with E-state index in [1.54, 1.807) is 23.6 Å². The molecule has 8 nitrogen and oxygen atoms in total. The first-order valence-corrected chi connectivity index (χ1v) is 10.5. The van der Waals surface area contributed by atoms with Gasteiger partial charge in [-0.25, -0.2) is 13.2 Å². The van der Waals surface area contributed by atoms with Gasteiger partial charge in [0.05, 0.1) is 11.1 Å². The predicted molar refractivity (Wildman–Crippen MR) is 94.3 cm³/mol. The lowest BCUT2D eigenvalue weighted by Crippen LogP contribution is -2.44. The molecule has 0 N–H and O–H groups in total. The lowest BCUT2D eigenvalue weighted by molar-refractivity contribution is -0.172. The van der Waals surface area contributed by atoms with Gasteiger partial charge in [0, 0.05) is 6.54 Å². The molecular weight excluding hydrogens is 392 g/mol. The number of rotatable bonds is 4. The Labute approximate surface area is 159 Å². The third-order valence-electron chi connectivity index (χ3n) is 4.47. The van der Waals surface area contributed by atoms with Crippen LogP contribution in [0.3, 0.4) is 0 Å². The number of imide groups is 1. The van der Waals surface area contributed by atoms with Gasteiger partial charge in [-0.2, -0.15) is 4.31 Å². The SMILES string of the molecule is O=C(ON1C(=O)c2ccccc2C1=O)C1CCCN1S(=O)(=O)c1cccs1. The van der Waals surface area contributed by atoms with Crippen molar-refractivity contribution in [2.24, 2.45) is 0 Å². The molecule has 0 saturated carbocycles. The summed E-state index contributed by atoms with van der Waals surface area (Å²) in [6.07, 6.45) is 0.735. The number of nitrogens with zero attached hydrogens (tertiary/aromatic N) is 2. The van der Waals surface area contributed by atoms with Gasteiger partial charge in [-0.05, 0) is 36.4 Å². The van der Waals surface area contributed by atoms with Gasteiger partial charge in [-0.3, -0.25) is 9.59 Å². The molecule has 1 aromatic carbocycles. The molecule has 140 valence electrons. The van der Waals surface area contributed by atoms with Gasteiger partial charge >= 0.3 is 5.97 Å². The van der Waals surface area contributed by atoms with E-state index >= 15 is 0 Å². The third kappa shape index (κ3) is 2.85. The molecule has 1 aromatic heterocycles. The van der Waals surface area contributed by atoms with E-state index in [4.69, 9.17) is 4.84 Å². The van der Waals surface area contributed by atoms with E-state index in [2.05, 4.69) is 0 Å². The Balaban J connectivity index is 1.55. The summed E-state index contributed by atoms with van der Waals surface area (Å²) < 4.78 is 26.7. The number of hydroxylamine groups is 2. The molecule has 0 aliphatic carbocycles. The molecule has 2 aliphatic rings. The molecular formula is C17H14N2O6S2. The number of thiophene rings is 1. The van der Waals surface area contributed by atoms with Crippen LogP contribution in [0.2, 0.25) is 0 Å². The van der Waals surface area contributed by atoms with Crippen LogP contribution in [0, 0.1) is 0 Å². The summed E-state index contributed by atoms with van der Waals surface area (Å²) >= 11 is 1.06. The summed E-state index contributed by atoms with van der Waals surface area (Å²) in [5.74, 6) is -2.42. The molecule has 2 amide bonds. The van der Waals surface area contributed by atoms with Gasteiger partial charge in [-0.1, -0.05) is 23.3 Å². The molecule has 2 aromatic rings. The van der Waals surface area contributed by atoms with Crippen molar-refractivity contribution < 1.29 is 27.6 Å². The fourth-order valence-electron chi connectivity index (χ4n) is 3.19. The van der Waals surface area contributed by atoms with E-state index in [-0.39, 0.29) is 28.3 Å². The summed E-state index contributed by atoms with van der Waals surface area (Å²) in [5, 5.41) is 2.04. The second-order valence-electron chi connectivity index (χ2n) is 6.07. The van der Waals surface area contributed by atoms with Crippen molar-refractivity contribution in [1.82, 2.24) is 9.37 Å². The van der Waals surface area contributed by atoms with Crippen LogP contribution in [-0.2, 0) is 19.7 Å². The average Bonchev–Trinajstić information content (AvgIpc) is 3.40. The number of fused-ring (bicyclic) bond motifs is 1. The van der Waals surface area contributed by atoms with Crippen LogP contribution in [0.15, 0.2) is 46.0 Å². The van der Waals surface area contributed by atoms with E-state index in [1.807, 2.05) is 0 Å². The van der Waals surface area contributed by atoms with Crippen LogP contribution in [0.25, 0.3) is 0 Å². The molecule has 27 heavy (non-hydrogen) atoms. The maximum atomic E-state index is 12.7. The zero-order valence-corrected chi connectivity index (χ0v) is 15.5. The van der Waals surface area contributed by atoms with Crippen molar-refractivity contribution in [2.45, 2.75) is 23.1 Å². The lowest BCUT2D eigenvalue weighted by Gasteiger charge is -2.23. The largest absolute Gasteiger partial charge is 0.351 e. The van der Waals surface area contributed by atoms with Gasteiger partial charge in [0.15, 0.2) is 0 Å². The molecule has 0 bridgehead atoms. The van der Waals surface area contributed by atoms with Gasteiger partial charge in [0.2, 0.25) is 0 Å². The number of amides is 2. The van der Waals surface area contributed by atoms with Crippen molar-refractivity contribution in [3.05, 3.63) is 52.9 Å². The molecule has 4 rings (SSSR count). The first-order valence-electron chi connectivity index (χ1n) is 8.16. The van der Waals surface area contributed by atoms with Crippen LogP contribution in [-0.4, -0.2) is 48.2 Å². The van der Waals surface area contributed by atoms with Crippen molar-refractivity contribution in [1.29, 1.82) is 0 Å². The highest BCUT2D eigenvalue weighted by atomic mass is 32.2. The second kappa shape index (κ2) is 6.55. The highest BCUT2D eigenvalue weighted by Gasteiger charge is 2.45. The first-order chi connectivity index (χ1) is 12.9. The van der Waals surface area contributed by atoms with Gasteiger partial charge in [0.1, 0.15) is 10.3 Å². The molecule has 1 saturated heterocycles. The molecule has 3 heterocycles. The van der Waals surface area contributed by atoms with Gasteiger partial charge in [0.25, 0.3) is 21.8 Å². The Bertz CT molecular complexity index is 996. The number of sulfonamides is 1. The summed E-state index contributed by atoms with van der Waals surface area (Å²) in [5.41, 5.74) is 0.287. The molecule has 2 aliphatic heterocycles. The predicted octanol–water partition coefficient (Wildman–Crippen LogP) is 1.66. The maximum Gasteiger partial charge on any atom is 0.351 e. The van der Waals surface area contributed by atoms with Crippen molar-refractivity contribution in [2.75, 3.05) is 6.54 Å². The Morgan fingerprint density at radius 1 is 1.07 bits per heavy atom. The van der Waals surface area contributed by atoms with E-state index in [0.717, 1.165) is 15.6 Å². The zero-order chi connectivity index (χ0) is 19.2. The monoisotopic (exact) mass is 406 g/mol. The Morgan fingerprint density at radius 2 is 1.74 bits per heavy atom. The van der Waals surface area contributed by atoms with Gasteiger partial charge in [-0.15, -0.1) is 11.3 Å². The van der Waals surface area contributed by atoms with Crippen LogP contribution in [0.4, 0.5) is 0 Å². The van der Waals surface area contributed by atoms with Crippen LogP contribution < -0.4 is 0 Å². The van der Waals surface area contributed by atoms with Crippen LogP contribution >= 0.6 is 11.3 Å². The molecule has 1 fully saturated rings. The number of carbonyl (C=O) groups excluding carboxylic acids is 3. The summed E-state index contributed by atoms with van der Waals surface area (Å²) in [7, 11) is -3.84. The molecule has 0 radical (unpaired) electrons. The molecule has 10 heteroatoms. The maximum absolute atomic E-state index is 12.7. The Kier molecular flexibility index (Phi) is 4.33. The van der Waals surface area contributed by atoms with Crippen molar-refractivity contribution >= 4 is 39.1 Å². The number of benzene rings is 1. The van der Waals surface area contributed by atoms with Crippen LogP contribution in [0.1, 0.15) is 33.6 Å². The normalized spacial score (nSPS) is 20.1. The number of hydrogen-bond acceptors (Lipinski definition) is 7. The van der Waals surface area contributed by atoms with Crippen molar-refractivity contribution in [3.63, 3.8) is 0 Å². The smallest absolute Gasteiger partial charge is 0.328 e. The minimum Gasteiger partial charge on any atom is -0.328 e. The van der Waals surface area contributed by atoms with Gasteiger partial charge < -0.3 is 4.84 Å². The minimum absolute atomic E-state index is 0.128. The quantitative estimate of drug-likeness (QED) is 0.716. The third-order valence-corrected chi connectivity index (χ3v) is 7.75. The van der Waals surface area contributed by atoms with Crippen LogP contribution in [0.5, 0.6) is 0 Å². The standard InChI is InChI=1S/C17H14N2O6S2/c20-15-11-5-1-2-6-12(11)16(21)19(15)25-17(22)13-7-3-9-18(13)27(23,24)14-8-4-10-26-14/h1-2,4-6,8,10,13H,3,7,9H2. The summed E-state index contributed by atoms with van der Waals surface area (Å²) in [6, 6.07) is 8.12. The first kappa shape index (κ1) is 17.8. The Morgan fingerprint density at radius 3 is 2.33 bits per heavy atom. The Hall–Kier alpha value is -2.56. The fraction of sp³-hybridized carbons (Fsp3) is 0.235. The molecule has 0 spiro atoms. The molecule has 1 unspecified atom stereocenters.